The Morgan fingerprint density at radius 2 is 1.96 bits per heavy atom. The van der Waals surface area contributed by atoms with E-state index in [1.807, 2.05) is 36.5 Å². The molecule has 0 fully saturated rings. The molecule has 0 aliphatic heterocycles. The Kier molecular flexibility index (Phi) is 4.19. The number of hydrogen-bond donors (Lipinski definition) is 0. The molecule has 2 aromatic carbocycles. The number of nitrogens with zero attached hydrogens (tertiary/aromatic N) is 3. The van der Waals surface area contributed by atoms with Crippen molar-refractivity contribution in [3.05, 3.63) is 83.9 Å². The molecule has 0 radical (unpaired) electrons. The quantitative estimate of drug-likeness (QED) is 0.742. The predicted octanol–water partition coefficient (Wildman–Crippen LogP) is 3.28. The summed E-state index contributed by atoms with van der Waals surface area (Å²) in [4.78, 5) is 13.9. The average molecular weight is 309 g/mol. The van der Waals surface area contributed by atoms with Crippen LogP contribution in [0.1, 0.15) is 15.9 Å². The third-order valence-electron chi connectivity index (χ3n) is 3.49. The Morgan fingerprint density at radius 1 is 1.17 bits per heavy atom. The van der Waals surface area contributed by atoms with E-state index in [9.17, 15) is 9.18 Å². The van der Waals surface area contributed by atoms with Gasteiger partial charge in [-0.25, -0.2) is 9.07 Å². The highest BCUT2D eigenvalue weighted by Crippen LogP contribution is 2.12. The minimum Gasteiger partial charge on any atom is -0.337 e. The fourth-order valence-electron chi connectivity index (χ4n) is 2.35. The highest BCUT2D eigenvalue weighted by Gasteiger charge is 2.13. The molecule has 0 saturated heterocycles. The average Bonchev–Trinajstić information content (AvgIpc) is 3.03. The summed E-state index contributed by atoms with van der Waals surface area (Å²) in [6.07, 6.45) is 3.60. The summed E-state index contributed by atoms with van der Waals surface area (Å²) in [6.45, 7) is 0.405. The molecule has 3 rings (SSSR count). The molecule has 0 spiro atoms. The highest BCUT2D eigenvalue weighted by molar-refractivity contribution is 5.94. The van der Waals surface area contributed by atoms with Gasteiger partial charge in [0.1, 0.15) is 5.82 Å². The second-order valence-corrected chi connectivity index (χ2v) is 5.30. The second kappa shape index (κ2) is 6.44. The Balaban J connectivity index is 1.72. The van der Waals surface area contributed by atoms with Gasteiger partial charge in [0.15, 0.2) is 0 Å². The van der Waals surface area contributed by atoms with Crippen LogP contribution in [0, 0.1) is 5.82 Å². The molecular weight excluding hydrogens is 293 g/mol. The number of rotatable bonds is 4. The summed E-state index contributed by atoms with van der Waals surface area (Å²) in [5, 5.41) is 4.30. The van der Waals surface area contributed by atoms with Gasteiger partial charge in [0, 0.05) is 30.9 Å². The van der Waals surface area contributed by atoms with Crippen molar-refractivity contribution in [2.24, 2.45) is 0 Å². The van der Waals surface area contributed by atoms with Gasteiger partial charge in [-0.3, -0.25) is 4.79 Å². The van der Waals surface area contributed by atoms with E-state index in [2.05, 4.69) is 5.10 Å². The molecule has 0 aliphatic rings. The number of carbonyl (C=O) groups excluding carboxylic acids is 1. The smallest absolute Gasteiger partial charge is 0.254 e. The maximum atomic E-state index is 13.2. The number of amides is 1. The van der Waals surface area contributed by atoms with E-state index in [-0.39, 0.29) is 5.91 Å². The lowest BCUT2D eigenvalue weighted by atomic mass is 10.2. The SMILES string of the molecule is CN(Cc1cnn(-c2ccccc2)c1)C(=O)c1cccc(F)c1. The minimum absolute atomic E-state index is 0.225. The molecule has 1 heterocycles. The van der Waals surface area contributed by atoms with E-state index in [4.69, 9.17) is 0 Å². The largest absolute Gasteiger partial charge is 0.337 e. The molecule has 5 heteroatoms. The molecule has 1 aromatic heterocycles. The Labute approximate surface area is 133 Å². The molecule has 4 nitrogen and oxygen atoms in total. The van der Waals surface area contributed by atoms with Gasteiger partial charge in [-0.2, -0.15) is 5.10 Å². The monoisotopic (exact) mass is 309 g/mol. The first-order chi connectivity index (χ1) is 11.1. The molecule has 0 saturated carbocycles. The number of aromatic nitrogens is 2. The molecule has 0 aliphatic carbocycles. The lowest BCUT2D eigenvalue weighted by molar-refractivity contribution is 0.0784. The van der Waals surface area contributed by atoms with Crippen molar-refractivity contribution in [3.63, 3.8) is 0 Å². The molecule has 3 aromatic rings. The van der Waals surface area contributed by atoms with E-state index in [1.54, 1.807) is 28.9 Å². The van der Waals surface area contributed by atoms with Gasteiger partial charge < -0.3 is 4.90 Å². The fourth-order valence-corrected chi connectivity index (χ4v) is 2.35. The van der Waals surface area contributed by atoms with Crippen molar-refractivity contribution in [1.29, 1.82) is 0 Å². The van der Waals surface area contributed by atoms with Crippen molar-refractivity contribution in [1.82, 2.24) is 14.7 Å². The maximum Gasteiger partial charge on any atom is 0.254 e. The zero-order valence-corrected chi connectivity index (χ0v) is 12.7. The molecule has 0 atom stereocenters. The van der Waals surface area contributed by atoms with Crippen LogP contribution in [0.3, 0.4) is 0 Å². The Bertz CT molecular complexity index is 814. The van der Waals surface area contributed by atoms with E-state index in [0.29, 0.717) is 12.1 Å². The predicted molar refractivity (Wildman–Crippen MR) is 85.8 cm³/mol. The molecule has 23 heavy (non-hydrogen) atoms. The van der Waals surface area contributed by atoms with Gasteiger partial charge >= 0.3 is 0 Å². The van der Waals surface area contributed by atoms with Crippen molar-refractivity contribution in [2.75, 3.05) is 7.05 Å². The van der Waals surface area contributed by atoms with Crippen molar-refractivity contribution >= 4 is 5.91 Å². The van der Waals surface area contributed by atoms with Crippen LogP contribution in [-0.4, -0.2) is 27.6 Å². The van der Waals surface area contributed by atoms with Crippen LogP contribution < -0.4 is 0 Å². The highest BCUT2D eigenvalue weighted by atomic mass is 19.1. The van der Waals surface area contributed by atoms with Crippen molar-refractivity contribution in [3.8, 4) is 5.69 Å². The standard InChI is InChI=1S/C18H16FN3O/c1-21(18(23)15-6-5-7-16(19)10-15)12-14-11-20-22(13-14)17-8-3-2-4-9-17/h2-11,13H,12H2,1H3. The van der Waals surface area contributed by atoms with Gasteiger partial charge in [0.2, 0.25) is 0 Å². The Morgan fingerprint density at radius 3 is 2.70 bits per heavy atom. The number of carbonyl (C=O) groups is 1. The zero-order chi connectivity index (χ0) is 16.2. The minimum atomic E-state index is -0.416. The van der Waals surface area contributed by atoms with Crippen LogP contribution in [0.4, 0.5) is 4.39 Å². The van der Waals surface area contributed by atoms with E-state index >= 15 is 0 Å². The Hall–Kier alpha value is -2.95. The maximum absolute atomic E-state index is 13.2. The van der Waals surface area contributed by atoms with Gasteiger partial charge in [-0.1, -0.05) is 24.3 Å². The zero-order valence-electron chi connectivity index (χ0n) is 12.7. The normalized spacial score (nSPS) is 10.5. The summed E-state index contributed by atoms with van der Waals surface area (Å²) >= 11 is 0. The van der Waals surface area contributed by atoms with Gasteiger partial charge in [0.25, 0.3) is 5.91 Å². The van der Waals surface area contributed by atoms with Crippen molar-refractivity contribution < 1.29 is 9.18 Å². The van der Waals surface area contributed by atoms with Crippen LogP contribution in [-0.2, 0) is 6.54 Å². The third-order valence-corrected chi connectivity index (χ3v) is 3.49. The summed E-state index contributed by atoms with van der Waals surface area (Å²) in [5.74, 6) is -0.641. The van der Waals surface area contributed by atoms with Crippen LogP contribution >= 0.6 is 0 Å². The molecule has 0 N–H and O–H groups in total. The molecule has 0 bridgehead atoms. The number of halogens is 1. The molecular formula is C18H16FN3O. The third kappa shape index (κ3) is 3.45. The van der Waals surface area contributed by atoms with Crippen LogP contribution in [0.2, 0.25) is 0 Å². The van der Waals surface area contributed by atoms with Crippen molar-refractivity contribution in [2.45, 2.75) is 6.54 Å². The number of hydrogen-bond acceptors (Lipinski definition) is 2. The summed E-state index contributed by atoms with van der Waals surface area (Å²) in [6, 6.07) is 15.4. The molecule has 0 unspecified atom stereocenters. The van der Waals surface area contributed by atoms with Crippen LogP contribution in [0.25, 0.3) is 5.69 Å². The summed E-state index contributed by atoms with van der Waals surface area (Å²) in [5.41, 5.74) is 2.20. The topological polar surface area (TPSA) is 38.1 Å². The van der Waals surface area contributed by atoms with Crippen LogP contribution in [0.5, 0.6) is 0 Å². The summed E-state index contributed by atoms with van der Waals surface area (Å²) < 4.78 is 15.0. The first-order valence-corrected chi connectivity index (χ1v) is 7.23. The second-order valence-electron chi connectivity index (χ2n) is 5.30. The van der Waals surface area contributed by atoms with E-state index in [0.717, 1.165) is 11.3 Å². The fraction of sp³-hybridized carbons (Fsp3) is 0.111. The van der Waals surface area contributed by atoms with Gasteiger partial charge in [-0.05, 0) is 30.3 Å². The number of benzene rings is 2. The summed E-state index contributed by atoms with van der Waals surface area (Å²) in [7, 11) is 1.69. The first-order valence-electron chi connectivity index (χ1n) is 7.23. The van der Waals surface area contributed by atoms with E-state index in [1.165, 1.54) is 18.2 Å². The lowest BCUT2D eigenvalue weighted by Crippen LogP contribution is -2.26. The molecule has 1 amide bonds. The lowest BCUT2D eigenvalue weighted by Gasteiger charge is -2.16. The first kappa shape index (κ1) is 15.0. The van der Waals surface area contributed by atoms with Gasteiger partial charge in [-0.15, -0.1) is 0 Å². The number of para-hydroxylation sites is 1. The van der Waals surface area contributed by atoms with Gasteiger partial charge in [0.05, 0.1) is 11.9 Å². The van der Waals surface area contributed by atoms with E-state index < -0.39 is 5.82 Å². The van der Waals surface area contributed by atoms with Crippen LogP contribution in [0.15, 0.2) is 67.0 Å². The molecule has 116 valence electrons.